The van der Waals surface area contributed by atoms with Crippen molar-refractivity contribution in [3.63, 3.8) is 0 Å². The molecule has 0 radical (unpaired) electrons. The molecule has 0 atom stereocenters. The summed E-state index contributed by atoms with van der Waals surface area (Å²) >= 11 is 1.54. The van der Waals surface area contributed by atoms with E-state index in [4.69, 9.17) is 0 Å². The van der Waals surface area contributed by atoms with Crippen molar-refractivity contribution in [1.29, 1.82) is 0 Å². The Hall–Kier alpha value is -2.27. The zero-order chi connectivity index (χ0) is 16.7. The van der Waals surface area contributed by atoms with E-state index in [-0.39, 0.29) is 0 Å². The largest absolute Gasteiger partial charge is 0.340 e. The van der Waals surface area contributed by atoms with E-state index in [1.807, 2.05) is 19.9 Å². The monoisotopic (exact) mass is 326 g/mol. The average molecular weight is 326 g/mol. The highest BCUT2D eigenvalue weighted by atomic mass is 32.1. The Morgan fingerprint density at radius 2 is 2.00 bits per heavy atom. The minimum atomic E-state index is 0.699. The predicted octanol–water partition coefficient (Wildman–Crippen LogP) is 5.24. The lowest BCUT2D eigenvalue weighted by molar-refractivity contribution is 1.13. The third-order valence-electron chi connectivity index (χ3n) is 3.27. The molecule has 0 saturated heterocycles. The van der Waals surface area contributed by atoms with E-state index >= 15 is 0 Å². The highest BCUT2D eigenvalue weighted by molar-refractivity contribution is 7.13. The third kappa shape index (κ3) is 4.36. The van der Waals surface area contributed by atoms with Gasteiger partial charge in [-0.15, -0.1) is 11.3 Å². The first-order valence-corrected chi connectivity index (χ1v) is 8.72. The van der Waals surface area contributed by atoms with Crippen LogP contribution in [0.3, 0.4) is 0 Å². The van der Waals surface area contributed by atoms with Gasteiger partial charge in [-0.05, 0) is 36.6 Å². The standard InChI is InChI=1S/C16H16N4S.C2H6/c1-3-12-4-5-13(11(2)8-12)19-15-6-7-18-16(20-15)14-9-17-10-21-14;1-2/h4-10H,3H2,1-2H3,(H,18,19,20);1-2H3. The zero-order valence-electron chi connectivity index (χ0n) is 14.0. The topological polar surface area (TPSA) is 50.7 Å². The summed E-state index contributed by atoms with van der Waals surface area (Å²) in [6, 6.07) is 8.31. The van der Waals surface area contributed by atoms with Gasteiger partial charge in [-0.25, -0.2) is 9.97 Å². The Morgan fingerprint density at radius 3 is 2.65 bits per heavy atom. The van der Waals surface area contributed by atoms with E-state index in [1.165, 1.54) is 22.5 Å². The summed E-state index contributed by atoms with van der Waals surface area (Å²) < 4.78 is 0. The SMILES string of the molecule is CC.CCc1ccc(Nc2ccnc(-c3cncs3)n2)c(C)c1. The first-order valence-electron chi connectivity index (χ1n) is 7.84. The fraction of sp³-hybridized carbons (Fsp3) is 0.278. The van der Waals surface area contributed by atoms with Crippen molar-refractivity contribution in [3.8, 4) is 10.7 Å². The van der Waals surface area contributed by atoms with Gasteiger partial charge >= 0.3 is 0 Å². The van der Waals surface area contributed by atoms with Gasteiger partial charge in [0, 0.05) is 18.1 Å². The number of benzene rings is 1. The maximum Gasteiger partial charge on any atom is 0.173 e. The molecule has 0 aliphatic rings. The zero-order valence-corrected chi connectivity index (χ0v) is 14.8. The molecule has 0 spiro atoms. The van der Waals surface area contributed by atoms with Crippen LogP contribution in [0.5, 0.6) is 0 Å². The van der Waals surface area contributed by atoms with Crippen LogP contribution in [0.4, 0.5) is 11.5 Å². The number of hydrogen-bond donors (Lipinski definition) is 1. The lowest BCUT2D eigenvalue weighted by atomic mass is 10.1. The summed E-state index contributed by atoms with van der Waals surface area (Å²) in [5.41, 5.74) is 5.41. The number of aromatic nitrogens is 3. The summed E-state index contributed by atoms with van der Waals surface area (Å²) in [4.78, 5) is 13.9. The second-order valence-corrected chi connectivity index (χ2v) is 5.65. The Morgan fingerprint density at radius 1 is 1.17 bits per heavy atom. The van der Waals surface area contributed by atoms with Crippen molar-refractivity contribution in [2.75, 3.05) is 5.32 Å². The van der Waals surface area contributed by atoms with Crippen LogP contribution in [0.2, 0.25) is 0 Å². The lowest BCUT2D eigenvalue weighted by Gasteiger charge is -2.10. The van der Waals surface area contributed by atoms with Crippen LogP contribution < -0.4 is 5.32 Å². The number of rotatable bonds is 4. The molecule has 0 amide bonds. The molecule has 2 heterocycles. The molecular formula is C18H22N4S. The van der Waals surface area contributed by atoms with Gasteiger partial charge in [0.1, 0.15) is 5.82 Å². The van der Waals surface area contributed by atoms with Gasteiger partial charge in [0.05, 0.1) is 10.4 Å². The number of nitrogens with one attached hydrogen (secondary N) is 1. The van der Waals surface area contributed by atoms with Crippen LogP contribution in [0.1, 0.15) is 31.9 Å². The van der Waals surface area contributed by atoms with Crippen LogP contribution in [0.15, 0.2) is 42.2 Å². The molecule has 0 bridgehead atoms. The summed E-state index contributed by atoms with van der Waals surface area (Å²) in [5.74, 6) is 1.49. The van der Waals surface area contributed by atoms with Crippen LogP contribution in [-0.4, -0.2) is 15.0 Å². The summed E-state index contributed by atoms with van der Waals surface area (Å²) in [5, 5.41) is 3.36. The molecule has 2 aromatic heterocycles. The fourth-order valence-electron chi connectivity index (χ4n) is 2.10. The van der Waals surface area contributed by atoms with E-state index in [0.29, 0.717) is 5.82 Å². The second kappa shape index (κ2) is 8.39. The fourth-order valence-corrected chi connectivity index (χ4v) is 2.66. The van der Waals surface area contributed by atoms with Gasteiger partial charge < -0.3 is 5.32 Å². The first kappa shape index (κ1) is 17.1. The molecule has 0 aliphatic heterocycles. The molecule has 23 heavy (non-hydrogen) atoms. The van der Waals surface area contributed by atoms with Gasteiger partial charge in [0.15, 0.2) is 5.82 Å². The Labute approximate surface area is 141 Å². The molecule has 4 nitrogen and oxygen atoms in total. The van der Waals surface area contributed by atoms with E-state index < -0.39 is 0 Å². The Bertz CT molecular complexity index is 739. The number of nitrogens with zero attached hydrogens (tertiary/aromatic N) is 3. The highest BCUT2D eigenvalue weighted by Crippen LogP contribution is 2.23. The summed E-state index contributed by atoms with van der Waals surface area (Å²) in [6.45, 7) is 8.26. The van der Waals surface area contributed by atoms with Crippen molar-refractivity contribution >= 4 is 22.8 Å². The quantitative estimate of drug-likeness (QED) is 0.712. The smallest absolute Gasteiger partial charge is 0.173 e. The minimum absolute atomic E-state index is 0.699. The molecule has 0 fully saturated rings. The predicted molar refractivity (Wildman–Crippen MR) is 98.3 cm³/mol. The molecule has 0 unspecified atom stereocenters. The second-order valence-electron chi connectivity index (χ2n) is 4.76. The maximum absolute atomic E-state index is 4.54. The number of thiazole rings is 1. The van der Waals surface area contributed by atoms with E-state index in [2.05, 4.69) is 52.3 Å². The molecule has 0 aliphatic carbocycles. The summed E-state index contributed by atoms with van der Waals surface area (Å²) in [6.07, 6.45) is 4.59. The first-order chi connectivity index (χ1) is 11.3. The minimum Gasteiger partial charge on any atom is -0.340 e. The van der Waals surface area contributed by atoms with Crippen molar-refractivity contribution in [2.45, 2.75) is 34.1 Å². The van der Waals surface area contributed by atoms with Gasteiger partial charge in [-0.3, -0.25) is 4.98 Å². The summed E-state index contributed by atoms with van der Waals surface area (Å²) in [7, 11) is 0. The van der Waals surface area contributed by atoms with Crippen molar-refractivity contribution in [2.24, 2.45) is 0 Å². The van der Waals surface area contributed by atoms with Crippen molar-refractivity contribution in [1.82, 2.24) is 15.0 Å². The third-order valence-corrected chi connectivity index (χ3v) is 4.04. The molecule has 1 aromatic carbocycles. The number of anilines is 2. The molecule has 1 N–H and O–H groups in total. The Balaban J connectivity index is 0.000000924. The van der Waals surface area contributed by atoms with Crippen LogP contribution in [0.25, 0.3) is 10.7 Å². The normalized spacial score (nSPS) is 9.91. The lowest BCUT2D eigenvalue weighted by Crippen LogP contribution is -1.98. The van der Waals surface area contributed by atoms with Crippen LogP contribution in [-0.2, 0) is 6.42 Å². The highest BCUT2D eigenvalue weighted by Gasteiger charge is 2.06. The van der Waals surface area contributed by atoms with Gasteiger partial charge in [-0.1, -0.05) is 32.9 Å². The number of aryl methyl sites for hydroxylation is 2. The molecule has 0 saturated carbocycles. The molecule has 3 aromatic rings. The Kier molecular flexibility index (Phi) is 6.23. The average Bonchev–Trinajstić information content (AvgIpc) is 3.13. The van der Waals surface area contributed by atoms with Crippen molar-refractivity contribution in [3.05, 3.63) is 53.3 Å². The van der Waals surface area contributed by atoms with E-state index in [0.717, 1.165) is 22.8 Å². The molecule has 5 heteroatoms. The molecule has 3 rings (SSSR count). The molecule has 120 valence electrons. The van der Waals surface area contributed by atoms with Gasteiger partial charge in [0.2, 0.25) is 0 Å². The molecular weight excluding hydrogens is 304 g/mol. The van der Waals surface area contributed by atoms with Crippen LogP contribution in [0, 0.1) is 6.92 Å². The number of hydrogen-bond acceptors (Lipinski definition) is 5. The van der Waals surface area contributed by atoms with Crippen molar-refractivity contribution < 1.29 is 0 Å². The van der Waals surface area contributed by atoms with Crippen LogP contribution >= 0.6 is 11.3 Å². The maximum atomic E-state index is 4.54. The van der Waals surface area contributed by atoms with E-state index in [1.54, 1.807) is 17.9 Å². The van der Waals surface area contributed by atoms with E-state index in [9.17, 15) is 0 Å². The van der Waals surface area contributed by atoms with Gasteiger partial charge in [-0.2, -0.15) is 0 Å². The van der Waals surface area contributed by atoms with Gasteiger partial charge in [0.25, 0.3) is 0 Å².